The molecule has 3 aromatic rings. The van der Waals surface area contributed by atoms with Gasteiger partial charge in [0.2, 0.25) is 5.95 Å². The van der Waals surface area contributed by atoms with E-state index in [4.69, 9.17) is 16.3 Å². The van der Waals surface area contributed by atoms with Crippen molar-refractivity contribution in [3.8, 4) is 0 Å². The fourth-order valence-electron chi connectivity index (χ4n) is 3.32. The van der Waals surface area contributed by atoms with E-state index in [0.29, 0.717) is 35.1 Å². The van der Waals surface area contributed by atoms with E-state index in [2.05, 4.69) is 35.1 Å². The Bertz CT molecular complexity index is 1050. The van der Waals surface area contributed by atoms with Crippen LogP contribution < -0.4 is 10.2 Å². The molecule has 2 N–H and O–H groups in total. The molecule has 4 rings (SSSR count). The fourth-order valence-corrected chi connectivity index (χ4v) is 3.50. The summed E-state index contributed by atoms with van der Waals surface area (Å²) in [7, 11) is 0. The number of ether oxygens (including phenoxy) is 1. The van der Waals surface area contributed by atoms with Crippen LogP contribution in [0.1, 0.15) is 6.92 Å². The van der Waals surface area contributed by atoms with Crippen molar-refractivity contribution in [2.24, 2.45) is 0 Å². The SMILES string of the molecule is CC(O)OCCN1CCN(c2ncc3ncnc(Nc4ccc(F)c(Cl)c4)c3n2)CC1. The van der Waals surface area contributed by atoms with Crippen molar-refractivity contribution in [3.05, 3.63) is 41.6 Å². The standard InChI is InChI=1S/C20H23ClFN7O2/c1-13(30)31-9-8-28-4-6-29(7-5-28)20-23-11-17-18(27-20)19(25-12-24-17)26-14-2-3-16(22)15(21)10-14/h2-3,10-13,30H,4-9H2,1H3,(H,24,25,26). The molecule has 1 aliphatic heterocycles. The molecule has 0 amide bonds. The number of benzene rings is 1. The minimum Gasteiger partial charge on any atom is -0.368 e. The summed E-state index contributed by atoms with van der Waals surface area (Å²) in [5.74, 6) is 0.605. The summed E-state index contributed by atoms with van der Waals surface area (Å²) in [6.07, 6.45) is 2.35. The summed E-state index contributed by atoms with van der Waals surface area (Å²) >= 11 is 5.88. The van der Waals surface area contributed by atoms with Crippen LogP contribution in [0.3, 0.4) is 0 Å². The molecular formula is C20H23ClFN7O2. The summed E-state index contributed by atoms with van der Waals surface area (Å²) in [5, 5.41) is 12.4. The van der Waals surface area contributed by atoms with Gasteiger partial charge in [-0.2, -0.15) is 0 Å². The van der Waals surface area contributed by atoms with Gasteiger partial charge in [-0.1, -0.05) is 11.6 Å². The van der Waals surface area contributed by atoms with E-state index in [9.17, 15) is 9.50 Å². The van der Waals surface area contributed by atoms with Crippen molar-refractivity contribution < 1.29 is 14.2 Å². The molecule has 0 spiro atoms. The first-order valence-electron chi connectivity index (χ1n) is 9.96. The third-order valence-electron chi connectivity index (χ3n) is 4.97. The normalized spacial score (nSPS) is 15.9. The Morgan fingerprint density at radius 3 is 2.77 bits per heavy atom. The summed E-state index contributed by atoms with van der Waals surface area (Å²) in [4.78, 5) is 22.1. The first kappa shape index (κ1) is 21.6. The molecule has 1 aliphatic rings. The highest BCUT2D eigenvalue weighted by molar-refractivity contribution is 6.31. The van der Waals surface area contributed by atoms with Gasteiger partial charge in [-0.05, 0) is 25.1 Å². The third kappa shape index (κ3) is 5.34. The lowest BCUT2D eigenvalue weighted by molar-refractivity contribution is -0.0894. The average Bonchev–Trinajstić information content (AvgIpc) is 2.76. The predicted molar refractivity (Wildman–Crippen MR) is 116 cm³/mol. The Labute approximate surface area is 183 Å². The summed E-state index contributed by atoms with van der Waals surface area (Å²) in [5.41, 5.74) is 1.77. The number of hydrogen-bond acceptors (Lipinski definition) is 9. The van der Waals surface area contributed by atoms with Gasteiger partial charge in [0.15, 0.2) is 12.1 Å². The molecule has 1 fully saturated rings. The molecule has 11 heteroatoms. The number of aromatic nitrogens is 4. The molecule has 1 atom stereocenters. The summed E-state index contributed by atoms with van der Waals surface area (Å²) in [6, 6.07) is 4.37. The minimum atomic E-state index is -0.747. The van der Waals surface area contributed by atoms with Gasteiger partial charge in [-0.15, -0.1) is 0 Å². The Kier molecular flexibility index (Phi) is 6.71. The average molecular weight is 448 g/mol. The highest BCUT2D eigenvalue weighted by Crippen LogP contribution is 2.26. The number of anilines is 3. The zero-order chi connectivity index (χ0) is 21.8. The number of aliphatic hydroxyl groups excluding tert-OH is 1. The van der Waals surface area contributed by atoms with Gasteiger partial charge in [0.1, 0.15) is 23.2 Å². The second-order valence-corrected chi connectivity index (χ2v) is 7.59. The van der Waals surface area contributed by atoms with E-state index in [-0.39, 0.29) is 5.02 Å². The number of aliphatic hydroxyl groups is 1. The Balaban J connectivity index is 1.48. The van der Waals surface area contributed by atoms with Crippen molar-refractivity contribution in [2.75, 3.05) is 49.5 Å². The molecular weight excluding hydrogens is 425 g/mol. The highest BCUT2D eigenvalue weighted by atomic mass is 35.5. The Morgan fingerprint density at radius 1 is 1.23 bits per heavy atom. The van der Waals surface area contributed by atoms with Crippen LogP contribution in [0.15, 0.2) is 30.7 Å². The van der Waals surface area contributed by atoms with Gasteiger partial charge in [0.25, 0.3) is 0 Å². The largest absolute Gasteiger partial charge is 0.368 e. The van der Waals surface area contributed by atoms with Crippen molar-refractivity contribution in [2.45, 2.75) is 13.2 Å². The van der Waals surface area contributed by atoms with Gasteiger partial charge >= 0.3 is 0 Å². The first-order chi connectivity index (χ1) is 15.0. The monoisotopic (exact) mass is 447 g/mol. The number of nitrogens with zero attached hydrogens (tertiary/aromatic N) is 6. The topological polar surface area (TPSA) is 99.5 Å². The number of piperazine rings is 1. The number of rotatable bonds is 7. The lowest BCUT2D eigenvalue weighted by Gasteiger charge is -2.34. The van der Waals surface area contributed by atoms with Crippen LogP contribution >= 0.6 is 11.6 Å². The number of hydrogen-bond donors (Lipinski definition) is 2. The van der Waals surface area contributed by atoms with Crippen molar-refractivity contribution >= 4 is 40.1 Å². The molecule has 1 aromatic carbocycles. The van der Waals surface area contributed by atoms with E-state index in [0.717, 1.165) is 32.7 Å². The number of halogens is 2. The van der Waals surface area contributed by atoms with Crippen LogP contribution in [0, 0.1) is 5.82 Å². The van der Waals surface area contributed by atoms with Crippen LogP contribution in [0.4, 0.5) is 21.8 Å². The molecule has 2 aromatic heterocycles. The Hall–Kier alpha value is -2.66. The van der Waals surface area contributed by atoms with Crippen LogP contribution in [0.5, 0.6) is 0 Å². The zero-order valence-electron chi connectivity index (χ0n) is 17.0. The van der Waals surface area contributed by atoms with E-state index >= 15 is 0 Å². The van der Waals surface area contributed by atoms with Crippen molar-refractivity contribution in [3.63, 3.8) is 0 Å². The Morgan fingerprint density at radius 2 is 2.03 bits per heavy atom. The maximum absolute atomic E-state index is 13.4. The van der Waals surface area contributed by atoms with E-state index in [1.165, 1.54) is 18.5 Å². The molecule has 31 heavy (non-hydrogen) atoms. The highest BCUT2D eigenvalue weighted by Gasteiger charge is 2.20. The smallest absolute Gasteiger partial charge is 0.226 e. The maximum Gasteiger partial charge on any atom is 0.226 e. The molecule has 1 saturated heterocycles. The lowest BCUT2D eigenvalue weighted by atomic mass is 10.3. The van der Waals surface area contributed by atoms with Gasteiger partial charge in [-0.25, -0.2) is 24.3 Å². The zero-order valence-corrected chi connectivity index (χ0v) is 17.8. The fraction of sp³-hybridized carbons (Fsp3) is 0.400. The second-order valence-electron chi connectivity index (χ2n) is 7.18. The van der Waals surface area contributed by atoms with Crippen LogP contribution in [-0.4, -0.2) is 75.6 Å². The van der Waals surface area contributed by atoms with Gasteiger partial charge in [0, 0.05) is 38.4 Å². The van der Waals surface area contributed by atoms with E-state index in [1.807, 2.05) is 0 Å². The minimum absolute atomic E-state index is 0.0235. The van der Waals surface area contributed by atoms with Crippen LogP contribution in [-0.2, 0) is 4.74 Å². The molecule has 0 bridgehead atoms. The maximum atomic E-state index is 13.4. The number of nitrogens with one attached hydrogen (secondary N) is 1. The third-order valence-corrected chi connectivity index (χ3v) is 5.26. The lowest BCUT2D eigenvalue weighted by Crippen LogP contribution is -2.48. The second kappa shape index (κ2) is 9.65. The summed E-state index contributed by atoms with van der Waals surface area (Å²) < 4.78 is 18.7. The molecule has 0 radical (unpaired) electrons. The van der Waals surface area contributed by atoms with E-state index < -0.39 is 12.1 Å². The molecule has 164 valence electrons. The van der Waals surface area contributed by atoms with Crippen molar-refractivity contribution in [1.82, 2.24) is 24.8 Å². The molecule has 9 nitrogen and oxygen atoms in total. The summed E-state index contributed by atoms with van der Waals surface area (Å²) in [6.45, 7) is 6.08. The van der Waals surface area contributed by atoms with E-state index in [1.54, 1.807) is 19.2 Å². The number of fused-ring (bicyclic) bond motifs is 1. The van der Waals surface area contributed by atoms with Crippen LogP contribution in [0.2, 0.25) is 5.02 Å². The molecule has 1 unspecified atom stereocenters. The van der Waals surface area contributed by atoms with Crippen LogP contribution in [0.25, 0.3) is 11.0 Å². The molecule has 0 aliphatic carbocycles. The van der Waals surface area contributed by atoms with Gasteiger partial charge in [-0.3, -0.25) is 4.90 Å². The van der Waals surface area contributed by atoms with Crippen molar-refractivity contribution in [1.29, 1.82) is 0 Å². The quantitative estimate of drug-likeness (QED) is 0.529. The molecule has 3 heterocycles. The van der Waals surface area contributed by atoms with Gasteiger partial charge < -0.3 is 20.1 Å². The molecule has 0 saturated carbocycles. The predicted octanol–water partition coefficient (Wildman–Crippen LogP) is 2.43. The first-order valence-corrected chi connectivity index (χ1v) is 10.3. The van der Waals surface area contributed by atoms with Gasteiger partial charge in [0.05, 0.1) is 17.8 Å².